The lowest BCUT2D eigenvalue weighted by Gasteiger charge is -2.21. The van der Waals surface area contributed by atoms with Gasteiger partial charge in [-0.05, 0) is 24.6 Å². The zero-order valence-electron chi connectivity index (χ0n) is 12.1. The molecule has 0 radical (unpaired) electrons. The van der Waals surface area contributed by atoms with E-state index in [1.165, 1.54) is 0 Å². The third-order valence-electron chi connectivity index (χ3n) is 3.29. The summed E-state index contributed by atoms with van der Waals surface area (Å²) in [5.41, 5.74) is 0.973. The predicted octanol–water partition coefficient (Wildman–Crippen LogP) is 1.58. The van der Waals surface area contributed by atoms with Gasteiger partial charge in [-0.25, -0.2) is 0 Å². The number of terminal acetylenes is 1. The number of carbonyl (C=O) groups excluding carboxylic acids is 1. The molecule has 1 rings (SSSR count). The van der Waals surface area contributed by atoms with Crippen molar-refractivity contribution in [3.8, 4) is 18.1 Å². The molecule has 0 aliphatic carbocycles. The van der Waals surface area contributed by atoms with Gasteiger partial charge in [0.1, 0.15) is 5.75 Å². The maximum absolute atomic E-state index is 12.0. The Labute approximate surface area is 120 Å². The lowest BCUT2D eigenvalue weighted by atomic mass is 9.89. The molecular formula is C16H21NO3. The smallest absolute Gasteiger partial charge is 0.224 e. The lowest BCUT2D eigenvalue weighted by molar-refractivity contribution is -0.126. The monoisotopic (exact) mass is 275 g/mol. The van der Waals surface area contributed by atoms with Crippen molar-refractivity contribution in [3.05, 3.63) is 29.8 Å². The number of aliphatic hydroxyl groups excluding tert-OH is 1. The predicted molar refractivity (Wildman–Crippen MR) is 78.0 cm³/mol. The molecule has 0 heterocycles. The standard InChI is InChI=1S/C16H21NO3/c1-5-15(12(3)18)11(2)16(19)17-10-13-6-8-14(20-4)9-7-13/h1,6-9,11-12,15,18H,10H2,2-4H3,(H,17,19)/t11-,12+,15+/m1/s1. The molecule has 20 heavy (non-hydrogen) atoms. The van der Waals surface area contributed by atoms with E-state index in [9.17, 15) is 9.90 Å². The number of rotatable bonds is 6. The number of nitrogens with one attached hydrogen (secondary N) is 1. The highest BCUT2D eigenvalue weighted by molar-refractivity contribution is 5.79. The van der Waals surface area contributed by atoms with Crippen LogP contribution >= 0.6 is 0 Å². The van der Waals surface area contributed by atoms with Crippen LogP contribution in [0.4, 0.5) is 0 Å². The van der Waals surface area contributed by atoms with Crippen LogP contribution in [0.5, 0.6) is 5.75 Å². The number of ether oxygens (including phenoxy) is 1. The summed E-state index contributed by atoms with van der Waals surface area (Å²) >= 11 is 0. The second-order valence-electron chi connectivity index (χ2n) is 4.79. The number of carbonyl (C=O) groups is 1. The van der Waals surface area contributed by atoms with Crippen LogP contribution in [0.2, 0.25) is 0 Å². The molecule has 3 atom stereocenters. The molecule has 1 aromatic carbocycles. The first-order chi connectivity index (χ1) is 9.49. The largest absolute Gasteiger partial charge is 0.497 e. The number of methoxy groups -OCH3 is 1. The van der Waals surface area contributed by atoms with Gasteiger partial charge >= 0.3 is 0 Å². The van der Waals surface area contributed by atoms with Gasteiger partial charge in [-0.15, -0.1) is 6.42 Å². The number of hydrogen-bond acceptors (Lipinski definition) is 3. The summed E-state index contributed by atoms with van der Waals surface area (Å²) in [6, 6.07) is 7.45. The van der Waals surface area contributed by atoms with Crippen molar-refractivity contribution in [2.75, 3.05) is 7.11 Å². The van der Waals surface area contributed by atoms with E-state index < -0.39 is 17.9 Å². The SMILES string of the molecule is C#C[C@H]([C@H](C)O)[C@@H](C)C(=O)NCc1ccc(OC)cc1. The average molecular weight is 275 g/mol. The van der Waals surface area contributed by atoms with Crippen molar-refractivity contribution in [2.24, 2.45) is 11.8 Å². The maximum atomic E-state index is 12.0. The van der Waals surface area contributed by atoms with Crippen LogP contribution in [-0.2, 0) is 11.3 Å². The Kier molecular flexibility index (Phi) is 6.08. The van der Waals surface area contributed by atoms with Gasteiger partial charge in [0.2, 0.25) is 5.91 Å². The van der Waals surface area contributed by atoms with Crippen LogP contribution in [0.25, 0.3) is 0 Å². The van der Waals surface area contributed by atoms with E-state index >= 15 is 0 Å². The molecule has 1 aromatic rings. The van der Waals surface area contributed by atoms with E-state index in [0.717, 1.165) is 11.3 Å². The first-order valence-corrected chi connectivity index (χ1v) is 6.54. The van der Waals surface area contributed by atoms with Crippen molar-refractivity contribution in [3.63, 3.8) is 0 Å². The van der Waals surface area contributed by atoms with Gasteiger partial charge < -0.3 is 15.2 Å². The van der Waals surface area contributed by atoms with Gasteiger partial charge in [0.05, 0.1) is 25.0 Å². The second kappa shape index (κ2) is 7.56. The summed E-state index contributed by atoms with van der Waals surface area (Å²) < 4.78 is 5.07. The summed E-state index contributed by atoms with van der Waals surface area (Å²) in [4.78, 5) is 12.0. The van der Waals surface area contributed by atoms with E-state index in [0.29, 0.717) is 6.54 Å². The molecule has 4 heteroatoms. The molecule has 0 spiro atoms. The van der Waals surface area contributed by atoms with E-state index in [-0.39, 0.29) is 5.91 Å². The zero-order valence-corrected chi connectivity index (χ0v) is 12.1. The van der Waals surface area contributed by atoms with Gasteiger partial charge in [-0.3, -0.25) is 4.79 Å². The van der Waals surface area contributed by atoms with E-state index in [1.54, 1.807) is 21.0 Å². The fourth-order valence-electron chi connectivity index (χ4n) is 1.96. The molecule has 4 nitrogen and oxygen atoms in total. The minimum atomic E-state index is -0.707. The van der Waals surface area contributed by atoms with Crippen molar-refractivity contribution in [1.82, 2.24) is 5.32 Å². The van der Waals surface area contributed by atoms with Crippen molar-refractivity contribution in [1.29, 1.82) is 0 Å². The summed E-state index contributed by atoms with van der Waals surface area (Å²) in [7, 11) is 1.61. The lowest BCUT2D eigenvalue weighted by Crippen LogP contribution is -2.36. The van der Waals surface area contributed by atoms with Gasteiger partial charge in [0.25, 0.3) is 0 Å². The van der Waals surface area contributed by atoms with Crippen LogP contribution < -0.4 is 10.1 Å². The fraction of sp³-hybridized carbons (Fsp3) is 0.438. The highest BCUT2D eigenvalue weighted by Crippen LogP contribution is 2.16. The topological polar surface area (TPSA) is 58.6 Å². The Bertz CT molecular complexity index is 473. The molecule has 2 N–H and O–H groups in total. The number of aliphatic hydroxyl groups is 1. The summed E-state index contributed by atoms with van der Waals surface area (Å²) in [5.74, 6) is 2.17. The molecule has 108 valence electrons. The van der Waals surface area contributed by atoms with Gasteiger partial charge in [0, 0.05) is 6.54 Å². The Morgan fingerprint density at radius 2 is 2.00 bits per heavy atom. The quantitative estimate of drug-likeness (QED) is 0.775. The third kappa shape index (κ3) is 4.29. The van der Waals surface area contributed by atoms with Gasteiger partial charge in [-0.2, -0.15) is 0 Å². The number of amides is 1. The van der Waals surface area contributed by atoms with E-state index in [2.05, 4.69) is 11.2 Å². The Morgan fingerprint density at radius 1 is 1.40 bits per heavy atom. The molecule has 0 saturated carbocycles. The minimum absolute atomic E-state index is 0.162. The average Bonchev–Trinajstić information content (AvgIpc) is 2.45. The van der Waals surface area contributed by atoms with E-state index in [1.807, 2.05) is 24.3 Å². The Balaban J connectivity index is 2.56. The molecule has 0 saturated heterocycles. The zero-order chi connectivity index (χ0) is 15.1. The summed E-state index contributed by atoms with van der Waals surface area (Å²) in [6.45, 7) is 3.74. The molecule has 0 aliphatic rings. The highest BCUT2D eigenvalue weighted by atomic mass is 16.5. The molecule has 0 aliphatic heterocycles. The molecule has 0 fully saturated rings. The van der Waals surface area contributed by atoms with Crippen molar-refractivity contribution >= 4 is 5.91 Å². The maximum Gasteiger partial charge on any atom is 0.224 e. The highest BCUT2D eigenvalue weighted by Gasteiger charge is 2.25. The number of hydrogen-bond donors (Lipinski definition) is 2. The molecule has 1 amide bonds. The first kappa shape index (κ1) is 16.1. The van der Waals surface area contributed by atoms with Crippen molar-refractivity contribution < 1.29 is 14.6 Å². The first-order valence-electron chi connectivity index (χ1n) is 6.54. The molecule has 0 bridgehead atoms. The molecular weight excluding hydrogens is 254 g/mol. The van der Waals surface area contributed by atoms with Crippen LogP contribution in [0, 0.1) is 24.2 Å². The Hall–Kier alpha value is -1.99. The van der Waals surface area contributed by atoms with Crippen LogP contribution in [0.3, 0.4) is 0 Å². The summed E-state index contributed by atoms with van der Waals surface area (Å²) in [5, 5.41) is 12.4. The fourth-order valence-corrected chi connectivity index (χ4v) is 1.96. The van der Waals surface area contributed by atoms with Crippen LogP contribution in [-0.4, -0.2) is 24.2 Å². The van der Waals surface area contributed by atoms with Gasteiger partial charge in [0.15, 0.2) is 0 Å². The van der Waals surface area contributed by atoms with Crippen molar-refractivity contribution in [2.45, 2.75) is 26.5 Å². The second-order valence-corrected chi connectivity index (χ2v) is 4.79. The van der Waals surface area contributed by atoms with E-state index in [4.69, 9.17) is 11.2 Å². The number of benzene rings is 1. The minimum Gasteiger partial charge on any atom is -0.497 e. The molecule has 0 unspecified atom stereocenters. The Morgan fingerprint density at radius 3 is 2.45 bits per heavy atom. The summed E-state index contributed by atoms with van der Waals surface area (Å²) in [6.07, 6.45) is 4.64. The van der Waals surface area contributed by atoms with Crippen LogP contribution in [0.15, 0.2) is 24.3 Å². The third-order valence-corrected chi connectivity index (χ3v) is 3.29. The molecule has 0 aromatic heterocycles. The van der Waals surface area contributed by atoms with Gasteiger partial charge in [-0.1, -0.05) is 25.0 Å². The normalized spacial score (nSPS) is 14.8. The van der Waals surface area contributed by atoms with Crippen LogP contribution in [0.1, 0.15) is 19.4 Å².